The Morgan fingerprint density at radius 2 is 2.37 bits per heavy atom. The van der Waals surface area contributed by atoms with Crippen molar-refractivity contribution in [2.75, 3.05) is 26.3 Å². The maximum Gasteiger partial charge on any atom is 0.358 e. The summed E-state index contributed by atoms with van der Waals surface area (Å²) in [6, 6.07) is 0.269. The number of nitrogens with zero attached hydrogens (tertiary/aromatic N) is 4. The lowest BCUT2D eigenvalue weighted by molar-refractivity contribution is -0.0785. The zero-order valence-corrected chi connectivity index (χ0v) is 10.8. The van der Waals surface area contributed by atoms with Gasteiger partial charge in [-0.3, -0.25) is 9.58 Å². The topological polar surface area (TPSA) is 101 Å². The quantitative estimate of drug-likeness (QED) is 0.712. The van der Waals surface area contributed by atoms with Gasteiger partial charge in [0.05, 0.1) is 32.1 Å². The molecule has 0 aromatic carbocycles. The molecular formula is C11H18N4O4. The van der Waals surface area contributed by atoms with Crippen LogP contribution in [0.3, 0.4) is 0 Å². The molecule has 2 unspecified atom stereocenters. The summed E-state index contributed by atoms with van der Waals surface area (Å²) >= 11 is 0. The summed E-state index contributed by atoms with van der Waals surface area (Å²) in [6.45, 7) is 4.58. The minimum Gasteiger partial charge on any atom is -0.476 e. The number of aromatic nitrogens is 3. The van der Waals surface area contributed by atoms with Crippen molar-refractivity contribution < 1.29 is 19.7 Å². The third-order valence-electron chi connectivity index (χ3n) is 3.21. The Hall–Kier alpha value is -1.51. The van der Waals surface area contributed by atoms with Crippen LogP contribution in [0.25, 0.3) is 0 Å². The van der Waals surface area contributed by atoms with Crippen molar-refractivity contribution in [1.82, 2.24) is 19.9 Å². The molecule has 106 valence electrons. The van der Waals surface area contributed by atoms with E-state index in [1.807, 2.05) is 0 Å². The van der Waals surface area contributed by atoms with Crippen LogP contribution in [0, 0.1) is 0 Å². The number of hydrogen-bond donors (Lipinski definition) is 2. The van der Waals surface area contributed by atoms with Gasteiger partial charge in [0.25, 0.3) is 0 Å². The lowest BCUT2D eigenvalue weighted by Crippen LogP contribution is -2.50. The van der Waals surface area contributed by atoms with Crippen LogP contribution in [-0.2, 0) is 11.3 Å². The minimum atomic E-state index is -1.08. The van der Waals surface area contributed by atoms with E-state index >= 15 is 0 Å². The van der Waals surface area contributed by atoms with Gasteiger partial charge in [0, 0.05) is 19.1 Å². The van der Waals surface area contributed by atoms with Crippen LogP contribution in [-0.4, -0.2) is 74.5 Å². The molecule has 2 atom stereocenters. The number of carboxylic acids is 1. The summed E-state index contributed by atoms with van der Waals surface area (Å²) < 4.78 is 6.97. The number of carboxylic acid groups (broad SMARTS) is 1. The van der Waals surface area contributed by atoms with Gasteiger partial charge in [-0.1, -0.05) is 5.21 Å². The number of aliphatic hydroxyl groups excluding tert-OH is 1. The van der Waals surface area contributed by atoms with Gasteiger partial charge in [-0.2, -0.15) is 0 Å². The van der Waals surface area contributed by atoms with E-state index in [4.69, 9.17) is 14.9 Å². The fraction of sp³-hybridized carbons (Fsp3) is 0.727. The highest BCUT2D eigenvalue weighted by Gasteiger charge is 2.25. The molecule has 1 aromatic heterocycles. The van der Waals surface area contributed by atoms with Gasteiger partial charge in [-0.15, -0.1) is 5.10 Å². The Kier molecular flexibility index (Phi) is 4.46. The molecule has 0 saturated carbocycles. The highest BCUT2D eigenvalue weighted by Crippen LogP contribution is 2.11. The first-order valence-corrected chi connectivity index (χ1v) is 6.20. The number of hydrogen-bond acceptors (Lipinski definition) is 6. The van der Waals surface area contributed by atoms with Crippen molar-refractivity contribution in [1.29, 1.82) is 0 Å². The van der Waals surface area contributed by atoms with Crippen LogP contribution in [0.15, 0.2) is 6.20 Å². The molecule has 1 saturated heterocycles. The van der Waals surface area contributed by atoms with Crippen LogP contribution in [0.4, 0.5) is 0 Å². The number of carbonyl (C=O) groups is 1. The van der Waals surface area contributed by atoms with Gasteiger partial charge in [0.15, 0.2) is 5.69 Å². The van der Waals surface area contributed by atoms with Gasteiger partial charge < -0.3 is 14.9 Å². The van der Waals surface area contributed by atoms with E-state index in [0.29, 0.717) is 26.2 Å². The number of aromatic carboxylic acids is 1. The van der Waals surface area contributed by atoms with Crippen molar-refractivity contribution in [3.63, 3.8) is 0 Å². The van der Waals surface area contributed by atoms with Gasteiger partial charge in [0.2, 0.25) is 0 Å². The molecule has 2 heterocycles. The molecular weight excluding hydrogens is 252 g/mol. The van der Waals surface area contributed by atoms with Gasteiger partial charge in [-0.05, 0) is 6.92 Å². The van der Waals surface area contributed by atoms with Gasteiger partial charge in [0.1, 0.15) is 0 Å². The third kappa shape index (κ3) is 3.49. The maximum absolute atomic E-state index is 10.7. The van der Waals surface area contributed by atoms with Crippen molar-refractivity contribution in [3.05, 3.63) is 11.9 Å². The van der Waals surface area contributed by atoms with Crippen LogP contribution >= 0.6 is 0 Å². The predicted octanol–water partition coefficient (Wildman–Crippen LogP) is -0.942. The molecule has 19 heavy (non-hydrogen) atoms. The standard InChI is InChI=1S/C11H18N4O4/c1-8-7-19-9(6-16)4-14(8)2-3-15-5-10(11(17)18)12-13-15/h5,8-9,16H,2-4,6-7H2,1H3,(H,17,18). The van der Waals surface area contributed by atoms with E-state index in [9.17, 15) is 4.79 Å². The van der Waals surface area contributed by atoms with E-state index in [1.54, 1.807) is 0 Å². The van der Waals surface area contributed by atoms with E-state index in [2.05, 4.69) is 22.1 Å². The number of aliphatic hydroxyl groups is 1. The first-order valence-electron chi connectivity index (χ1n) is 6.20. The second-order valence-electron chi connectivity index (χ2n) is 4.65. The second kappa shape index (κ2) is 6.09. The van der Waals surface area contributed by atoms with Gasteiger partial charge in [-0.25, -0.2) is 4.79 Å². The Morgan fingerprint density at radius 1 is 1.58 bits per heavy atom. The van der Waals surface area contributed by atoms with Crippen molar-refractivity contribution in [3.8, 4) is 0 Å². The molecule has 1 fully saturated rings. The second-order valence-corrected chi connectivity index (χ2v) is 4.65. The molecule has 0 aliphatic carbocycles. The Labute approximate surface area is 110 Å². The molecule has 8 nitrogen and oxygen atoms in total. The summed E-state index contributed by atoms with van der Waals surface area (Å²) in [5.74, 6) is -1.08. The monoisotopic (exact) mass is 270 g/mol. The number of ether oxygens (including phenoxy) is 1. The zero-order valence-electron chi connectivity index (χ0n) is 10.8. The first kappa shape index (κ1) is 13.9. The van der Waals surface area contributed by atoms with Crippen molar-refractivity contribution in [2.24, 2.45) is 0 Å². The molecule has 8 heteroatoms. The lowest BCUT2D eigenvalue weighted by Gasteiger charge is -2.37. The number of rotatable bonds is 5. The lowest BCUT2D eigenvalue weighted by atomic mass is 10.2. The van der Waals surface area contributed by atoms with Crippen LogP contribution < -0.4 is 0 Å². The first-order chi connectivity index (χ1) is 9.10. The molecule has 0 amide bonds. The fourth-order valence-electron chi connectivity index (χ4n) is 2.03. The molecule has 0 spiro atoms. The molecule has 0 radical (unpaired) electrons. The Bertz CT molecular complexity index is 436. The highest BCUT2D eigenvalue weighted by molar-refractivity contribution is 5.84. The molecule has 1 aliphatic rings. The molecule has 2 rings (SSSR count). The largest absolute Gasteiger partial charge is 0.476 e. The van der Waals surface area contributed by atoms with Crippen LogP contribution in [0.2, 0.25) is 0 Å². The predicted molar refractivity (Wildman–Crippen MR) is 64.8 cm³/mol. The van der Waals surface area contributed by atoms with Crippen LogP contribution in [0.5, 0.6) is 0 Å². The zero-order chi connectivity index (χ0) is 13.8. The smallest absolute Gasteiger partial charge is 0.358 e. The average molecular weight is 270 g/mol. The maximum atomic E-state index is 10.7. The minimum absolute atomic E-state index is 0.00963. The molecule has 0 bridgehead atoms. The van der Waals surface area contributed by atoms with Crippen molar-refractivity contribution >= 4 is 5.97 Å². The Morgan fingerprint density at radius 3 is 3.00 bits per heavy atom. The van der Waals surface area contributed by atoms with E-state index in [0.717, 1.165) is 0 Å². The average Bonchev–Trinajstić information content (AvgIpc) is 2.87. The third-order valence-corrected chi connectivity index (χ3v) is 3.21. The number of morpholine rings is 1. The van der Waals surface area contributed by atoms with Gasteiger partial charge >= 0.3 is 5.97 Å². The summed E-state index contributed by atoms with van der Waals surface area (Å²) in [6.07, 6.45) is 1.26. The van der Waals surface area contributed by atoms with E-state index in [1.165, 1.54) is 10.9 Å². The van der Waals surface area contributed by atoms with E-state index in [-0.39, 0.29) is 24.4 Å². The summed E-state index contributed by atoms with van der Waals surface area (Å²) in [4.78, 5) is 12.9. The van der Waals surface area contributed by atoms with Crippen LogP contribution in [0.1, 0.15) is 17.4 Å². The highest BCUT2D eigenvalue weighted by atomic mass is 16.5. The normalized spacial score (nSPS) is 24.5. The summed E-state index contributed by atoms with van der Waals surface area (Å²) in [7, 11) is 0. The molecule has 1 aromatic rings. The summed E-state index contributed by atoms with van der Waals surface area (Å²) in [5, 5.41) is 25.2. The molecule has 1 aliphatic heterocycles. The van der Waals surface area contributed by atoms with E-state index < -0.39 is 5.97 Å². The fourth-order valence-corrected chi connectivity index (χ4v) is 2.03. The van der Waals surface area contributed by atoms with Crippen molar-refractivity contribution in [2.45, 2.75) is 25.6 Å². The SMILES string of the molecule is CC1COC(CO)CN1CCn1cc(C(=O)O)nn1. The summed E-state index contributed by atoms with van der Waals surface area (Å²) in [5.41, 5.74) is -0.0525. The Balaban J connectivity index is 1.87. The molecule has 2 N–H and O–H groups in total.